The van der Waals surface area contributed by atoms with Gasteiger partial charge in [0, 0.05) is 18.0 Å². The average molecular weight is 194 g/mol. The molecule has 3 heteroatoms. The van der Waals surface area contributed by atoms with Gasteiger partial charge in [0.05, 0.1) is 6.20 Å². The Balaban J connectivity index is 2.28. The van der Waals surface area contributed by atoms with Crippen molar-refractivity contribution in [2.24, 2.45) is 5.41 Å². The monoisotopic (exact) mass is 194 g/mol. The summed E-state index contributed by atoms with van der Waals surface area (Å²) >= 11 is 0. The second kappa shape index (κ2) is 3.39. The Morgan fingerprint density at radius 1 is 1.64 bits per heavy atom. The molecule has 0 saturated heterocycles. The SMILES string of the molecule is CCNC1CC(C)(C)Cc2oncc21. The molecule has 0 bridgehead atoms. The minimum absolute atomic E-state index is 0.319. The fourth-order valence-corrected chi connectivity index (χ4v) is 2.29. The fraction of sp³-hybridized carbons (Fsp3) is 0.727. The molecule has 0 radical (unpaired) electrons. The average Bonchev–Trinajstić information content (AvgIpc) is 2.50. The van der Waals surface area contributed by atoms with Crippen molar-refractivity contribution in [3.8, 4) is 0 Å². The Hall–Kier alpha value is -0.830. The van der Waals surface area contributed by atoms with Gasteiger partial charge in [-0.05, 0) is 18.4 Å². The van der Waals surface area contributed by atoms with Gasteiger partial charge in [-0.15, -0.1) is 0 Å². The zero-order valence-corrected chi connectivity index (χ0v) is 9.13. The van der Waals surface area contributed by atoms with Crippen LogP contribution in [0.15, 0.2) is 10.7 Å². The summed E-state index contributed by atoms with van der Waals surface area (Å²) in [5.41, 5.74) is 1.57. The topological polar surface area (TPSA) is 38.1 Å². The summed E-state index contributed by atoms with van der Waals surface area (Å²) in [6, 6.07) is 0.421. The van der Waals surface area contributed by atoms with E-state index in [1.165, 1.54) is 5.56 Å². The van der Waals surface area contributed by atoms with Crippen molar-refractivity contribution >= 4 is 0 Å². The van der Waals surface area contributed by atoms with Crippen molar-refractivity contribution in [3.05, 3.63) is 17.5 Å². The lowest BCUT2D eigenvalue weighted by Gasteiger charge is -2.34. The molecule has 78 valence electrons. The van der Waals surface area contributed by atoms with Gasteiger partial charge in [0.2, 0.25) is 0 Å². The lowest BCUT2D eigenvalue weighted by Crippen LogP contribution is -2.32. The third-order valence-corrected chi connectivity index (χ3v) is 2.90. The number of hydrogen-bond acceptors (Lipinski definition) is 3. The summed E-state index contributed by atoms with van der Waals surface area (Å²) < 4.78 is 5.28. The Morgan fingerprint density at radius 2 is 2.43 bits per heavy atom. The largest absolute Gasteiger partial charge is 0.361 e. The van der Waals surface area contributed by atoms with Gasteiger partial charge in [-0.1, -0.05) is 25.9 Å². The summed E-state index contributed by atoms with van der Waals surface area (Å²) in [7, 11) is 0. The summed E-state index contributed by atoms with van der Waals surface area (Å²) in [5.74, 6) is 1.06. The Bertz CT molecular complexity index is 317. The van der Waals surface area contributed by atoms with Crippen LogP contribution in [0.3, 0.4) is 0 Å². The molecule has 1 atom stereocenters. The highest BCUT2D eigenvalue weighted by Gasteiger charge is 2.34. The molecule has 0 aliphatic heterocycles. The molecule has 3 nitrogen and oxygen atoms in total. The first-order valence-corrected chi connectivity index (χ1v) is 5.29. The first-order valence-electron chi connectivity index (χ1n) is 5.29. The smallest absolute Gasteiger partial charge is 0.142 e. The van der Waals surface area contributed by atoms with Gasteiger partial charge in [0.15, 0.2) is 0 Å². The van der Waals surface area contributed by atoms with Crippen LogP contribution in [0.2, 0.25) is 0 Å². The van der Waals surface area contributed by atoms with Gasteiger partial charge < -0.3 is 9.84 Å². The molecular formula is C11H18N2O. The molecule has 0 fully saturated rings. The molecule has 1 aliphatic rings. The number of nitrogens with one attached hydrogen (secondary N) is 1. The summed E-state index contributed by atoms with van der Waals surface area (Å²) in [6.45, 7) is 7.69. The summed E-state index contributed by atoms with van der Waals surface area (Å²) in [6.07, 6.45) is 4.02. The van der Waals surface area contributed by atoms with Crippen LogP contribution in [0.1, 0.15) is 44.6 Å². The molecule has 1 N–H and O–H groups in total. The highest BCUT2D eigenvalue weighted by atomic mass is 16.5. The molecule has 1 aromatic heterocycles. The quantitative estimate of drug-likeness (QED) is 0.785. The van der Waals surface area contributed by atoms with E-state index in [4.69, 9.17) is 4.52 Å². The Kier molecular flexibility index (Phi) is 2.35. The van der Waals surface area contributed by atoms with Crippen molar-refractivity contribution in [2.45, 2.75) is 39.7 Å². The molecule has 0 saturated carbocycles. The molecule has 1 aliphatic carbocycles. The van der Waals surface area contributed by atoms with Gasteiger partial charge in [0.1, 0.15) is 5.76 Å². The maximum atomic E-state index is 5.28. The maximum Gasteiger partial charge on any atom is 0.142 e. The van der Waals surface area contributed by atoms with Crippen molar-refractivity contribution in [1.29, 1.82) is 0 Å². The minimum atomic E-state index is 0.319. The van der Waals surface area contributed by atoms with Crippen LogP contribution in [0.5, 0.6) is 0 Å². The van der Waals surface area contributed by atoms with Crippen LogP contribution in [-0.2, 0) is 6.42 Å². The van der Waals surface area contributed by atoms with Crippen LogP contribution in [0.25, 0.3) is 0 Å². The van der Waals surface area contributed by atoms with E-state index >= 15 is 0 Å². The number of aromatic nitrogens is 1. The Labute approximate surface area is 84.9 Å². The highest BCUT2D eigenvalue weighted by Crippen LogP contribution is 2.40. The van der Waals surface area contributed by atoms with Crippen molar-refractivity contribution in [1.82, 2.24) is 10.5 Å². The second-order valence-corrected chi connectivity index (χ2v) is 4.86. The third kappa shape index (κ3) is 1.69. The van der Waals surface area contributed by atoms with Crippen molar-refractivity contribution < 1.29 is 4.52 Å². The van der Waals surface area contributed by atoms with Crippen LogP contribution < -0.4 is 5.32 Å². The molecule has 14 heavy (non-hydrogen) atoms. The molecule has 1 aromatic rings. The molecule has 1 unspecified atom stereocenters. The van der Waals surface area contributed by atoms with Crippen molar-refractivity contribution in [2.75, 3.05) is 6.54 Å². The number of rotatable bonds is 2. The lowest BCUT2D eigenvalue weighted by molar-refractivity contribution is 0.226. The summed E-state index contributed by atoms with van der Waals surface area (Å²) in [4.78, 5) is 0. The van der Waals surface area contributed by atoms with Crippen LogP contribution >= 0.6 is 0 Å². The van der Waals surface area contributed by atoms with Crippen LogP contribution in [-0.4, -0.2) is 11.7 Å². The summed E-state index contributed by atoms with van der Waals surface area (Å²) in [5, 5.41) is 7.37. The van der Waals surface area contributed by atoms with E-state index in [0.717, 1.165) is 25.1 Å². The van der Waals surface area contributed by atoms with E-state index in [-0.39, 0.29) is 0 Å². The van der Waals surface area contributed by atoms with Gasteiger partial charge in [-0.3, -0.25) is 0 Å². The maximum absolute atomic E-state index is 5.28. The van der Waals surface area contributed by atoms with E-state index in [2.05, 4.69) is 31.2 Å². The fourth-order valence-electron chi connectivity index (χ4n) is 2.29. The van der Waals surface area contributed by atoms with E-state index in [1.54, 1.807) is 0 Å². The lowest BCUT2D eigenvalue weighted by atomic mass is 9.75. The van der Waals surface area contributed by atoms with E-state index in [1.807, 2.05) is 6.20 Å². The zero-order valence-electron chi connectivity index (χ0n) is 9.13. The van der Waals surface area contributed by atoms with Gasteiger partial charge in [-0.25, -0.2) is 0 Å². The number of nitrogens with zero attached hydrogens (tertiary/aromatic N) is 1. The molecule has 2 rings (SSSR count). The minimum Gasteiger partial charge on any atom is -0.361 e. The molecular weight excluding hydrogens is 176 g/mol. The first kappa shape index (κ1) is 9.71. The van der Waals surface area contributed by atoms with Crippen molar-refractivity contribution in [3.63, 3.8) is 0 Å². The standard InChI is InChI=1S/C11H18N2O/c1-4-12-9-5-11(2,3)6-10-8(9)7-13-14-10/h7,9,12H,4-6H2,1-3H3. The third-order valence-electron chi connectivity index (χ3n) is 2.90. The van der Waals surface area contributed by atoms with Gasteiger partial charge >= 0.3 is 0 Å². The molecule has 1 heterocycles. The normalized spacial score (nSPS) is 24.6. The number of hydrogen-bond donors (Lipinski definition) is 1. The predicted molar refractivity (Wildman–Crippen MR) is 55.0 cm³/mol. The predicted octanol–water partition coefficient (Wildman–Crippen LogP) is 2.30. The van der Waals surface area contributed by atoms with E-state index < -0.39 is 0 Å². The molecule has 0 spiro atoms. The van der Waals surface area contributed by atoms with Gasteiger partial charge in [0.25, 0.3) is 0 Å². The number of fused-ring (bicyclic) bond motifs is 1. The van der Waals surface area contributed by atoms with Crippen LogP contribution in [0, 0.1) is 5.41 Å². The first-order chi connectivity index (χ1) is 6.62. The van der Waals surface area contributed by atoms with Gasteiger partial charge in [-0.2, -0.15) is 0 Å². The van der Waals surface area contributed by atoms with E-state index in [9.17, 15) is 0 Å². The van der Waals surface area contributed by atoms with E-state index in [0.29, 0.717) is 11.5 Å². The second-order valence-electron chi connectivity index (χ2n) is 4.86. The molecule has 0 aromatic carbocycles. The highest BCUT2D eigenvalue weighted by molar-refractivity contribution is 5.23. The zero-order chi connectivity index (χ0) is 10.2. The Morgan fingerprint density at radius 3 is 3.14 bits per heavy atom. The van der Waals surface area contributed by atoms with Crippen LogP contribution in [0.4, 0.5) is 0 Å². The molecule has 0 amide bonds.